The minimum Gasteiger partial charge on any atom is -0.504 e. The van der Waals surface area contributed by atoms with E-state index in [9.17, 15) is 14.3 Å². The molecule has 0 saturated heterocycles. The minimum absolute atomic E-state index is 0.0588. The van der Waals surface area contributed by atoms with E-state index in [1.807, 2.05) is 6.07 Å². The second-order valence-corrected chi connectivity index (χ2v) is 6.45. The van der Waals surface area contributed by atoms with Crippen molar-refractivity contribution in [1.82, 2.24) is 4.98 Å². The summed E-state index contributed by atoms with van der Waals surface area (Å²) in [5.41, 5.74) is 2.13. The van der Waals surface area contributed by atoms with Gasteiger partial charge in [-0.25, -0.2) is 19.2 Å². The van der Waals surface area contributed by atoms with E-state index in [2.05, 4.69) is 15.3 Å². The summed E-state index contributed by atoms with van der Waals surface area (Å²) in [6.45, 7) is 2.06. The van der Waals surface area contributed by atoms with E-state index >= 15 is 0 Å². The van der Waals surface area contributed by atoms with Gasteiger partial charge in [-0.2, -0.15) is 0 Å². The van der Waals surface area contributed by atoms with E-state index < -0.39 is 5.97 Å². The van der Waals surface area contributed by atoms with Crippen LogP contribution in [-0.2, 0) is 11.3 Å². The topological polar surface area (TPSA) is 97.0 Å². The number of hydrogen-bond acceptors (Lipinski definition) is 7. The van der Waals surface area contributed by atoms with Gasteiger partial charge >= 0.3 is 5.97 Å². The van der Waals surface area contributed by atoms with Crippen molar-refractivity contribution in [2.75, 3.05) is 11.9 Å². The number of aromatic hydroxyl groups is 1. The number of nitrogens with one attached hydrogen (secondary N) is 1. The highest BCUT2D eigenvalue weighted by atomic mass is 19.1. The first-order valence-electron chi connectivity index (χ1n) is 9.29. The molecule has 0 saturated carbocycles. The van der Waals surface area contributed by atoms with E-state index in [1.54, 1.807) is 43.6 Å². The largest absolute Gasteiger partial charge is 0.504 e. The number of aromatic nitrogens is 1. The number of esters is 1. The molecule has 0 aliphatic carbocycles. The number of anilines is 1. The van der Waals surface area contributed by atoms with Crippen molar-refractivity contribution >= 4 is 35.5 Å². The van der Waals surface area contributed by atoms with Gasteiger partial charge in [-0.3, -0.25) is 0 Å². The van der Waals surface area contributed by atoms with Crippen molar-refractivity contribution in [2.45, 2.75) is 13.5 Å². The number of pyridine rings is 1. The van der Waals surface area contributed by atoms with Crippen molar-refractivity contribution in [3.8, 4) is 5.75 Å². The number of aliphatic imine (C=N–C) groups is 1. The molecule has 0 amide bonds. The molecule has 0 spiro atoms. The van der Waals surface area contributed by atoms with Gasteiger partial charge in [-0.1, -0.05) is 12.1 Å². The van der Waals surface area contributed by atoms with Crippen molar-refractivity contribution in [2.24, 2.45) is 4.99 Å². The number of fused-ring (bicyclic) bond motifs is 1. The third-order valence-corrected chi connectivity index (χ3v) is 4.47. The quantitative estimate of drug-likeness (QED) is 0.581. The Hall–Kier alpha value is -3.94. The van der Waals surface area contributed by atoms with E-state index in [1.165, 1.54) is 12.1 Å². The average Bonchev–Trinajstić information content (AvgIpc) is 3.29. The molecule has 7 nitrogen and oxygen atoms in total. The van der Waals surface area contributed by atoms with Gasteiger partial charge in [0, 0.05) is 30.1 Å². The second-order valence-electron chi connectivity index (χ2n) is 6.45. The Kier molecular flexibility index (Phi) is 5.30. The lowest BCUT2D eigenvalue weighted by Gasteiger charge is -2.06. The van der Waals surface area contributed by atoms with Crippen LogP contribution in [0.5, 0.6) is 5.75 Å². The lowest BCUT2D eigenvalue weighted by atomic mass is 10.1. The van der Waals surface area contributed by atoms with Gasteiger partial charge in [-0.05, 0) is 42.8 Å². The molecular weight excluding hydrogens is 389 g/mol. The Morgan fingerprint density at radius 3 is 2.87 bits per heavy atom. The summed E-state index contributed by atoms with van der Waals surface area (Å²) in [6.07, 6.45) is 4.83. The minimum atomic E-state index is -0.716. The standard InChI is InChI=1S/C22H18FN3O4/c1-2-29-22(28)18-19(27)17(10-14-12-25-20-16(14)4-3-9-24-20)30-21(18)26-11-13-5-7-15(23)8-6-13/h3-10,12,26-27H,2,11H2,1H3. The Bertz CT molecular complexity index is 1150. The first kappa shape index (κ1) is 19.4. The predicted molar refractivity (Wildman–Crippen MR) is 110 cm³/mol. The Morgan fingerprint density at radius 2 is 2.10 bits per heavy atom. The summed E-state index contributed by atoms with van der Waals surface area (Å²) in [4.78, 5) is 20.8. The van der Waals surface area contributed by atoms with E-state index in [-0.39, 0.29) is 41.9 Å². The van der Waals surface area contributed by atoms with E-state index in [0.717, 1.165) is 11.1 Å². The molecule has 3 aromatic rings. The molecule has 0 atom stereocenters. The zero-order chi connectivity index (χ0) is 21.1. The van der Waals surface area contributed by atoms with Crippen LogP contribution in [0.1, 0.15) is 34.2 Å². The van der Waals surface area contributed by atoms with Crippen LogP contribution in [-0.4, -0.2) is 28.9 Å². The molecular formula is C22H18FN3O4. The highest BCUT2D eigenvalue weighted by Crippen LogP contribution is 2.38. The van der Waals surface area contributed by atoms with Crippen molar-refractivity contribution < 1.29 is 23.4 Å². The number of allylic oxidation sites excluding steroid dienone is 1. The van der Waals surface area contributed by atoms with Crippen LogP contribution in [0, 0.1) is 5.82 Å². The molecule has 8 heteroatoms. The maximum Gasteiger partial charge on any atom is 0.347 e. The van der Waals surface area contributed by atoms with Gasteiger partial charge in [0.25, 0.3) is 0 Å². The molecule has 0 radical (unpaired) electrons. The zero-order valence-corrected chi connectivity index (χ0v) is 16.1. The molecule has 4 rings (SSSR count). The molecule has 152 valence electrons. The maximum atomic E-state index is 13.1. The molecule has 2 aromatic heterocycles. The molecule has 30 heavy (non-hydrogen) atoms. The molecule has 2 N–H and O–H groups in total. The first-order valence-corrected chi connectivity index (χ1v) is 9.29. The number of halogens is 1. The monoisotopic (exact) mass is 407 g/mol. The molecule has 1 aliphatic heterocycles. The molecule has 3 heterocycles. The summed E-state index contributed by atoms with van der Waals surface area (Å²) < 4.78 is 23.9. The fourth-order valence-corrected chi connectivity index (χ4v) is 3.02. The third-order valence-electron chi connectivity index (χ3n) is 4.47. The predicted octanol–water partition coefficient (Wildman–Crippen LogP) is 4.56. The second kappa shape index (κ2) is 8.20. The Balaban J connectivity index is 1.67. The molecule has 0 fully saturated rings. The van der Waals surface area contributed by atoms with Gasteiger partial charge in [0.15, 0.2) is 22.9 Å². The average molecular weight is 407 g/mol. The summed E-state index contributed by atoms with van der Waals surface area (Å²) >= 11 is 0. The number of ether oxygens (including phenoxy) is 1. The fourth-order valence-electron chi connectivity index (χ4n) is 3.02. The van der Waals surface area contributed by atoms with Crippen molar-refractivity contribution in [3.63, 3.8) is 0 Å². The molecule has 1 aromatic carbocycles. The number of carbonyl (C=O) groups excluding carboxylic acids is 1. The van der Waals surface area contributed by atoms with Crippen LogP contribution in [0.4, 0.5) is 16.1 Å². The van der Waals surface area contributed by atoms with Crippen LogP contribution in [0.25, 0.3) is 11.6 Å². The van der Waals surface area contributed by atoms with Crippen LogP contribution in [0.15, 0.2) is 52.0 Å². The number of nitrogens with zero attached hydrogens (tertiary/aromatic N) is 2. The van der Waals surface area contributed by atoms with Crippen LogP contribution in [0.2, 0.25) is 0 Å². The number of benzene rings is 1. The lowest BCUT2D eigenvalue weighted by Crippen LogP contribution is -2.08. The Morgan fingerprint density at radius 1 is 1.30 bits per heavy atom. The molecule has 0 unspecified atom stereocenters. The maximum absolute atomic E-state index is 13.1. The van der Waals surface area contributed by atoms with Crippen molar-refractivity contribution in [3.05, 3.63) is 70.9 Å². The van der Waals surface area contributed by atoms with Gasteiger partial charge < -0.3 is 19.6 Å². The summed E-state index contributed by atoms with van der Waals surface area (Å²) in [5, 5.41) is 13.6. The van der Waals surface area contributed by atoms with Gasteiger partial charge in [-0.15, -0.1) is 0 Å². The summed E-state index contributed by atoms with van der Waals surface area (Å²) in [7, 11) is 0. The number of rotatable bonds is 6. The van der Waals surface area contributed by atoms with Crippen molar-refractivity contribution in [1.29, 1.82) is 0 Å². The van der Waals surface area contributed by atoms with E-state index in [0.29, 0.717) is 11.4 Å². The molecule has 0 bridgehead atoms. The van der Waals surface area contributed by atoms with Crippen LogP contribution >= 0.6 is 0 Å². The van der Waals surface area contributed by atoms with Crippen LogP contribution in [0.3, 0.4) is 0 Å². The smallest absolute Gasteiger partial charge is 0.347 e. The summed E-state index contributed by atoms with van der Waals surface area (Å²) in [5.74, 6) is -0.694. The first-order chi connectivity index (χ1) is 14.6. The number of furan rings is 1. The van der Waals surface area contributed by atoms with Crippen LogP contribution < -0.4 is 5.32 Å². The Labute approximate surface area is 171 Å². The van der Waals surface area contributed by atoms with Gasteiger partial charge in [0.1, 0.15) is 5.82 Å². The number of carbonyl (C=O) groups is 1. The van der Waals surface area contributed by atoms with E-state index in [4.69, 9.17) is 9.15 Å². The number of hydrogen-bond donors (Lipinski definition) is 2. The SMILES string of the molecule is CCOC(=O)c1c(NCc2ccc(F)cc2)oc(C=C2C=Nc3ncccc32)c1O. The van der Waals surface area contributed by atoms with Gasteiger partial charge in [0.2, 0.25) is 5.88 Å². The highest BCUT2D eigenvalue weighted by molar-refractivity contribution is 6.21. The third kappa shape index (κ3) is 3.80. The lowest BCUT2D eigenvalue weighted by molar-refractivity contribution is 0.0524. The van der Waals surface area contributed by atoms with Gasteiger partial charge in [0.05, 0.1) is 6.61 Å². The highest BCUT2D eigenvalue weighted by Gasteiger charge is 2.27. The summed E-state index contributed by atoms with van der Waals surface area (Å²) in [6, 6.07) is 9.52. The fraction of sp³-hybridized carbons (Fsp3) is 0.136. The molecule has 1 aliphatic rings. The zero-order valence-electron chi connectivity index (χ0n) is 16.1. The normalized spacial score (nSPS) is 13.5.